The summed E-state index contributed by atoms with van der Waals surface area (Å²) in [6.45, 7) is 12.5. The molecule has 2 aliphatic rings. The molecule has 2 fully saturated rings. The van der Waals surface area contributed by atoms with Gasteiger partial charge in [0.05, 0.1) is 30.0 Å². The van der Waals surface area contributed by atoms with Crippen LogP contribution in [0.4, 0.5) is 5.13 Å². The molecule has 2 aliphatic heterocycles. The number of carbonyl (C=O) groups excluding carboxylic acids is 1. The van der Waals surface area contributed by atoms with Crippen LogP contribution in [0.5, 0.6) is 0 Å². The van der Waals surface area contributed by atoms with E-state index in [1.54, 1.807) is 11.3 Å². The van der Waals surface area contributed by atoms with Crippen LogP contribution in [-0.2, 0) is 9.53 Å². The van der Waals surface area contributed by atoms with Gasteiger partial charge in [0.2, 0.25) is 5.91 Å². The van der Waals surface area contributed by atoms with E-state index >= 15 is 0 Å². The van der Waals surface area contributed by atoms with E-state index in [9.17, 15) is 4.79 Å². The van der Waals surface area contributed by atoms with Crippen LogP contribution in [0.1, 0.15) is 13.8 Å². The number of aromatic nitrogens is 1. The fraction of sp³-hybridized carbons (Fsp3) is 0.619. The Bertz CT molecular complexity index is 792. The largest absolute Gasteiger partial charge is 0.379 e. The van der Waals surface area contributed by atoms with Crippen LogP contribution >= 0.6 is 11.3 Å². The average molecular weight is 418 g/mol. The minimum absolute atomic E-state index is 0.0506. The minimum atomic E-state index is -0.0506. The quantitative estimate of drug-likeness (QED) is 0.771. The molecule has 0 bridgehead atoms. The highest BCUT2D eigenvalue weighted by atomic mass is 32.1. The van der Waals surface area contributed by atoms with Gasteiger partial charge in [0, 0.05) is 51.4 Å². The van der Waals surface area contributed by atoms with E-state index in [1.807, 2.05) is 6.07 Å². The lowest BCUT2D eigenvalue weighted by molar-refractivity contribution is -0.123. The Morgan fingerprint density at radius 2 is 1.86 bits per heavy atom. The minimum Gasteiger partial charge on any atom is -0.379 e. The topological polar surface area (TPSA) is 60.9 Å². The summed E-state index contributed by atoms with van der Waals surface area (Å²) < 4.78 is 6.66. The number of hydrogen-bond donors (Lipinski definition) is 1. The first-order chi connectivity index (χ1) is 14.0. The Morgan fingerprint density at radius 1 is 1.14 bits per heavy atom. The van der Waals surface area contributed by atoms with Crippen LogP contribution in [-0.4, -0.2) is 91.8 Å². The summed E-state index contributed by atoms with van der Waals surface area (Å²) in [4.78, 5) is 24.2. The molecule has 2 aromatic rings. The van der Waals surface area contributed by atoms with Crippen molar-refractivity contribution in [1.29, 1.82) is 0 Å². The van der Waals surface area contributed by atoms with E-state index in [2.05, 4.69) is 52.1 Å². The highest BCUT2D eigenvalue weighted by Crippen LogP contribution is 2.29. The molecular formula is C21H31N5O2S. The molecule has 0 saturated carbocycles. The van der Waals surface area contributed by atoms with Crippen LogP contribution < -0.4 is 10.2 Å². The smallest absolute Gasteiger partial charge is 0.234 e. The number of nitrogens with zero attached hydrogens (tertiary/aromatic N) is 4. The van der Waals surface area contributed by atoms with Crippen molar-refractivity contribution >= 4 is 32.6 Å². The molecule has 0 unspecified atom stereocenters. The number of anilines is 1. The van der Waals surface area contributed by atoms with E-state index in [-0.39, 0.29) is 11.4 Å². The van der Waals surface area contributed by atoms with Gasteiger partial charge < -0.3 is 15.0 Å². The molecule has 1 aromatic carbocycles. The lowest BCUT2D eigenvalue weighted by Crippen LogP contribution is -2.56. The normalized spacial score (nSPS) is 19.6. The molecule has 0 radical (unpaired) electrons. The molecule has 2 saturated heterocycles. The maximum Gasteiger partial charge on any atom is 0.234 e. The van der Waals surface area contributed by atoms with Crippen LogP contribution in [0.25, 0.3) is 10.2 Å². The van der Waals surface area contributed by atoms with Gasteiger partial charge in [-0.15, -0.1) is 0 Å². The van der Waals surface area contributed by atoms with Crippen LogP contribution in [0, 0.1) is 0 Å². The lowest BCUT2D eigenvalue weighted by atomic mass is 10.0. The fourth-order valence-electron chi connectivity index (χ4n) is 3.95. The summed E-state index contributed by atoms with van der Waals surface area (Å²) in [5.41, 5.74) is 1.02. The highest BCUT2D eigenvalue weighted by Gasteiger charge is 2.29. The summed E-state index contributed by atoms with van der Waals surface area (Å²) in [5.74, 6) is 0.111. The molecule has 1 aromatic heterocycles. The summed E-state index contributed by atoms with van der Waals surface area (Å²) >= 11 is 1.75. The number of piperazine rings is 1. The van der Waals surface area contributed by atoms with Gasteiger partial charge in [-0.1, -0.05) is 23.5 Å². The van der Waals surface area contributed by atoms with E-state index in [0.29, 0.717) is 13.1 Å². The van der Waals surface area contributed by atoms with Crippen molar-refractivity contribution in [2.75, 3.05) is 70.5 Å². The predicted molar refractivity (Wildman–Crippen MR) is 118 cm³/mol. The van der Waals surface area contributed by atoms with E-state index in [0.717, 1.165) is 63.1 Å². The Morgan fingerprint density at radius 3 is 2.59 bits per heavy atom. The van der Waals surface area contributed by atoms with Gasteiger partial charge in [0.15, 0.2) is 5.13 Å². The van der Waals surface area contributed by atoms with Gasteiger partial charge >= 0.3 is 0 Å². The van der Waals surface area contributed by atoms with Gasteiger partial charge in [-0.3, -0.25) is 14.6 Å². The predicted octanol–water partition coefficient (Wildman–Crippen LogP) is 1.65. The molecule has 29 heavy (non-hydrogen) atoms. The lowest BCUT2D eigenvalue weighted by Gasteiger charge is -2.41. The van der Waals surface area contributed by atoms with Crippen LogP contribution in [0.15, 0.2) is 24.3 Å². The Kier molecular flexibility index (Phi) is 6.34. The molecule has 0 spiro atoms. The molecular weight excluding hydrogens is 386 g/mol. The molecule has 7 nitrogen and oxygen atoms in total. The second kappa shape index (κ2) is 8.95. The van der Waals surface area contributed by atoms with Gasteiger partial charge in [-0.05, 0) is 26.0 Å². The van der Waals surface area contributed by atoms with E-state index in [1.165, 1.54) is 4.70 Å². The van der Waals surface area contributed by atoms with Crippen molar-refractivity contribution in [3.63, 3.8) is 0 Å². The Labute approximate surface area is 176 Å². The maximum absolute atomic E-state index is 12.5. The zero-order valence-corrected chi connectivity index (χ0v) is 18.2. The monoisotopic (exact) mass is 417 g/mol. The number of nitrogens with one attached hydrogen (secondary N) is 1. The van der Waals surface area contributed by atoms with Crippen LogP contribution in [0.3, 0.4) is 0 Å². The number of rotatable bonds is 6. The van der Waals surface area contributed by atoms with Crippen molar-refractivity contribution in [1.82, 2.24) is 20.1 Å². The number of thiazole rings is 1. The number of amides is 1. The Balaban J connectivity index is 1.22. The summed E-state index contributed by atoms with van der Waals surface area (Å²) in [6, 6.07) is 8.27. The molecule has 3 heterocycles. The zero-order valence-electron chi connectivity index (χ0n) is 17.4. The van der Waals surface area contributed by atoms with Gasteiger partial charge in [0.1, 0.15) is 0 Å². The second-order valence-electron chi connectivity index (χ2n) is 8.42. The van der Waals surface area contributed by atoms with Crippen molar-refractivity contribution in [2.45, 2.75) is 19.4 Å². The standard InChI is InChI=1S/C21H31N5O2S/c1-21(2,26-11-13-28-14-12-26)16-22-19(27)15-24-7-9-25(10-8-24)20-23-17-5-3-4-6-18(17)29-20/h3-6H,7-16H2,1-2H3,(H,22,27). The molecule has 1 amide bonds. The number of ether oxygens (including phenoxy) is 1. The zero-order chi connectivity index (χ0) is 20.3. The molecule has 8 heteroatoms. The number of morpholine rings is 1. The molecule has 158 valence electrons. The first kappa shape index (κ1) is 20.5. The number of benzene rings is 1. The Hall–Kier alpha value is -1.74. The van der Waals surface area contributed by atoms with Gasteiger partial charge in [-0.25, -0.2) is 4.98 Å². The SMILES string of the molecule is CC(C)(CNC(=O)CN1CCN(c2nc3ccccc3s2)CC1)N1CCOCC1. The molecule has 4 rings (SSSR count). The average Bonchev–Trinajstić information content (AvgIpc) is 3.18. The van der Waals surface area contributed by atoms with Crippen molar-refractivity contribution in [3.05, 3.63) is 24.3 Å². The van der Waals surface area contributed by atoms with E-state index in [4.69, 9.17) is 9.72 Å². The fourth-order valence-corrected chi connectivity index (χ4v) is 4.96. The summed E-state index contributed by atoms with van der Waals surface area (Å²) in [6.07, 6.45) is 0. The summed E-state index contributed by atoms with van der Waals surface area (Å²) in [5, 5.41) is 4.23. The number of hydrogen-bond acceptors (Lipinski definition) is 7. The third kappa shape index (κ3) is 5.06. The van der Waals surface area contributed by atoms with E-state index < -0.39 is 0 Å². The molecule has 0 atom stereocenters. The number of carbonyl (C=O) groups is 1. The highest BCUT2D eigenvalue weighted by molar-refractivity contribution is 7.22. The number of para-hydroxylation sites is 1. The van der Waals surface area contributed by atoms with Crippen molar-refractivity contribution < 1.29 is 9.53 Å². The van der Waals surface area contributed by atoms with Crippen LogP contribution in [0.2, 0.25) is 0 Å². The molecule has 0 aliphatic carbocycles. The third-order valence-electron chi connectivity index (χ3n) is 5.88. The van der Waals surface area contributed by atoms with Crippen molar-refractivity contribution in [2.24, 2.45) is 0 Å². The maximum atomic E-state index is 12.5. The first-order valence-electron chi connectivity index (χ1n) is 10.4. The third-order valence-corrected chi connectivity index (χ3v) is 6.98. The van der Waals surface area contributed by atoms with Gasteiger partial charge in [0.25, 0.3) is 0 Å². The molecule has 1 N–H and O–H groups in total. The van der Waals surface area contributed by atoms with Gasteiger partial charge in [-0.2, -0.15) is 0 Å². The first-order valence-corrected chi connectivity index (χ1v) is 11.3. The number of fused-ring (bicyclic) bond motifs is 1. The second-order valence-corrected chi connectivity index (χ2v) is 9.43. The summed E-state index contributed by atoms with van der Waals surface area (Å²) in [7, 11) is 0. The van der Waals surface area contributed by atoms with Crippen molar-refractivity contribution in [3.8, 4) is 0 Å².